The van der Waals surface area contributed by atoms with E-state index in [1.165, 1.54) is 14.0 Å². The summed E-state index contributed by atoms with van der Waals surface area (Å²) in [5, 5.41) is 0. The average Bonchev–Trinajstić information content (AvgIpc) is 1.85. The fraction of sp³-hybridized carbons (Fsp3) is 0.750. The number of rotatable bonds is 3. The van der Waals surface area contributed by atoms with Crippen molar-refractivity contribution in [2.75, 3.05) is 7.11 Å². The van der Waals surface area contributed by atoms with Crippen molar-refractivity contribution in [3.05, 3.63) is 0 Å². The molecule has 6 heteroatoms. The van der Waals surface area contributed by atoms with Crippen LogP contribution in [0.15, 0.2) is 0 Å². The highest BCUT2D eigenvalue weighted by atomic mass is 31.1. The molecule has 0 bridgehead atoms. The van der Waals surface area contributed by atoms with Gasteiger partial charge in [0.2, 0.25) is 6.10 Å². The monoisotopic (exact) mass is 167 g/mol. The Hall–Kier alpha value is -0.510. The Kier molecular flexibility index (Phi) is 4.11. The van der Waals surface area contributed by atoms with Crippen molar-refractivity contribution in [1.82, 2.24) is 0 Å². The second kappa shape index (κ2) is 4.33. The van der Waals surface area contributed by atoms with E-state index in [1.54, 1.807) is 0 Å². The smallest absolute Gasteiger partial charge is 0.467 e. The maximum absolute atomic E-state index is 10.5. The molecule has 10 heavy (non-hydrogen) atoms. The second-order valence-electron chi connectivity index (χ2n) is 1.51. The Morgan fingerprint density at radius 1 is 1.70 bits per heavy atom. The number of esters is 1. The second-order valence-corrected chi connectivity index (χ2v) is 2.20. The lowest BCUT2D eigenvalue weighted by atomic mass is 10.4. The quantitative estimate of drug-likeness (QED) is 0.480. The molecule has 0 heterocycles. The molecule has 0 aliphatic carbocycles. The molecule has 0 saturated carbocycles. The van der Waals surface area contributed by atoms with E-state index < -0.39 is 20.3 Å². The van der Waals surface area contributed by atoms with Crippen LogP contribution >= 0.6 is 8.25 Å². The fourth-order valence-corrected chi connectivity index (χ4v) is 0.701. The number of methoxy groups -OCH3 is 1. The van der Waals surface area contributed by atoms with Crippen LogP contribution in [-0.2, 0) is 18.6 Å². The average molecular weight is 167 g/mol. The van der Waals surface area contributed by atoms with Gasteiger partial charge in [0.1, 0.15) is 0 Å². The molecule has 1 N–H and O–H groups in total. The van der Waals surface area contributed by atoms with Crippen molar-refractivity contribution < 1.29 is 23.5 Å². The van der Waals surface area contributed by atoms with Crippen molar-refractivity contribution >= 4 is 14.2 Å². The van der Waals surface area contributed by atoms with Crippen LogP contribution in [0.25, 0.3) is 0 Å². The zero-order valence-electron chi connectivity index (χ0n) is 5.60. The Morgan fingerprint density at radius 2 is 2.20 bits per heavy atom. The van der Waals surface area contributed by atoms with Gasteiger partial charge in [-0.05, 0) is 6.92 Å². The lowest BCUT2D eigenvalue weighted by Gasteiger charge is -1.98. The number of hydrogen-bond acceptors (Lipinski definition) is 4. The molecule has 2 atom stereocenters. The summed E-state index contributed by atoms with van der Waals surface area (Å²) in [7, 11) is -1.56. The maximum atomic E-state index is 10.5. The summed E-state index contributed by atoms with van der Waals surface area (Å²) < 4.78 is 18.4. The molecular weight excluding hydrogens is 159 g/mol. The van der Waals surface area contributed by atoms with Crippen LogP contribution in [0.4, 0.5) is 0 Å². The molecule has 0 fully saturated rings. The van der Waals surface area contributed by atoms with Gasteiger partial charge in [-0.1, -0.05) is 0 Å². The van der Waals surface area contributed by atoms with E-state index in [0.717, 1.165) is 0 Å². The first-order chi connectivity index (χ1) is 4.57. The van der Waals surface area contributed by atoms with Gasteiger partial charge in [-0.2, -0.15) is 0 Å². The normalized spacial score (nSPS) is 14.1. The molecule has 2 unspecified atom stereocenters. The number of carbonyl (C=O) groups is 1. The van der Waals surface area contributed by atoms with E-state index in [9.17, 15) is 9.36 Å². The molecule has 0 aromatic carbocycles. The first-order valence-electron chi connectivity index (χ1n) is 2.48. The molecule has 0 aromatic heterocycles. The highest BCUT2D eigenvalue weighted by Crippen LogP contribution is 2.17. The Morgan fingerprint density at radius 3 is 2.50 bits per heavy atom. The molecule has 0 aliphatic heterocycles. The van der Waals surface area contributed by atoms with Gasteiger partial charge in [0, 0.05) is 4.57 Å². The minimum Gasteiger partial charge on any atom is -0.467 e. The summed E-state index contributed by atoms with van der Waals surface area (Å²) >= 11 is 0. The molecular formula is C4H8O5P+. The maximum Gasteiger partial charge on any atom is 0.695 e. The third-order valence-electron chi connectivity index (χ3n) is 0.781. The van der Waals surface area contributed by atoms with Crippen molar-refractivity contribution in [1.29, 1.82) is 0 Å². The number of ether oxygens (including phenoxy) is 1. The fourth-order valence-electron chi connectivity index (χ4n) is 0.344. The molecule has 0 radical (unpaired) electrons. The Bertz CT molecular complexity index is 145. The van der Waals surface area contributed by atoms with Gasteiger partial charge < -0.3 is 4.74 Å². The zero-order chi connectivity index (χ0) is 8.15. The summed E-state index contributed by atoms with van der Waals surface area (Å²) in [6.07, 6.45) is -0.987. The van der Waals surface area contributed by atoms with E-state index in [1.807, 2.05) is 0 Å². The lowest BCUT2D eigenvalue weighted by Crippen LogP contribution is -2.19. The molecule has 0 aromatic rings. The Labute approximate surface area is 58.9 Å². The van der Waals surface area contributed by atoms with E-state index in [2.05, 4.69) is 9.26 Å². The molecule has 0 amide bonds. The van der Waals surface area contributed by atoms with E-state index in [4.69, 9.17) is 4.89 Å². The molecule has 0 saturated heterocycles. The number of hydrogen-bond donors (Lipinski definition) is 1. The van der Waals surface area contributed by atoms with Gasteiger partial charge in [-0.25, -0.2) is 4.79 Å². The highest BCUT2D eigenvalue weighted by Gasteiger charge is 2.25. The van der Waals surface area contributed by atoms with Crippen LogP contribution in [0.5, 0.6) is 0 Å². The minimum absolute atomic E-state index is 0.669. The first kappa shape index (κ1) is 9.49. The standard InChI is InChI=1S/C4H7O5P/c1-3(4(5)8-2)9-10(6)7/h3H,1-2H3/p+1. The van der Waals surface area contributed by atoms with E-state index >= 15 is 0 Å². The van der Waals surface area contributed by atoms with Crippen molar-refractivity contribution in [3.8, 4) is 0 Å². The van der Waals surface area contributed by atoms with Crippen LogP contribution < -0.4 is 0 Å². The summed E-state index contributed by atoms with van der Waals surface area (Å²) in [5.74, 6) is -0.669. The summed E-state index contributed by atoms with van der Waals surface area (Å²) in [5.41, 5.74) is 0. The SMILES string of the molecule is COC(=O)C(C)O[P+](=O)O. The topological polar surface area (TPSA) is 72.8 Å². The Balaban J connectivity index is 3.72. The highest BCUT2D eigenvalue weighted by molar-refractivity contribution is 7.32. The van der Waals surface area contributed by atoms with E-state index in [0.29, 0.717) is 0 Å². The third-order valence-corrected chi connectivity index (χ3v) is 1.28. The molecule has 5 nitrogen and oxygen atoms in total. The van der Waals surface area contributed by atoms with Crippen LogP contribution in [0.3, 0.4) is 0 Å². The summed E-state index contributed by atoms with van der Waals surface area (Å²) in [4.78, 5) is 18.6. The molecule has 0 rings (SSSR count). The number of carbonyl (C=O) groups excluding carboxylic acids is 1. The summed E-state index contributed by atoms with van der Waals surface area (Å²) in [6.45, 7) is 1.33. The van der Waals surface area contributed by atoms with Crippen LogP contribution in [0.2, 0.25) is 0 Å². The predicted octanol–water partition coefficient (Wildman–Crippen LogP) is 0.214. The van der Waals surface area contributed by atoms with Gasteiger partial charge in [0.15, 0.2) is 0 Å². The van der Waals surface area contributed by atoms with Crippen LogP contribution in [0, 0.1) is 0 Å². The third kappa shape index (κ3) is 3.50. The largest absolute Gasteiger partial charge is 0.695 e. The molecule has 0 spiro atoms. The van der Waals surface area contributed by atoms with Gasteiger partial charge in [-0.3, -0.25) is 0 Å². The van der Waals surface area contributed by atoms with Crippen LogP contribution in [-0.4, -0.2) is 24.1 Å². The predicted molar refractivity (Wildman–Crippen MR) is 32.4 cm³/mol. The van der Waals surface area contributed by atoms with Gasteiger partial charge in [0.05, 0.1) is 7.11 Å². The minimum atomic E-state index is -2.73. The van der Waals surface area contributed by atoms with Crippen molar-refractivity contribution in [3.63, 3.8) is 0 Å². The summed E-state index contributed by atoms with van der Waals surface area (Å²) in [6, 6.07) is 0. The lowest BCUT2D eigenvalue weighted by molar-refractivity contribution is -0.148. The van der Waals surface area contributed by atoms with Gasteiger partial charge in [-0.15, -0.1) is 9.42 Å². The van der Waals surface area contributed by atoms with Crippen LogP contribution in [0.1, 0.15) is 6.92 Å². The van der Waals surface area contributed by atoms with Gasteiger partial charge in [0.25, 0.3) is 0 Å². The zero-order valence-corrected chi connectivity index (χ0v) is 6.50. The molecule has 58 valence electrons. The first-order valence-corrected chi connectivity index (χ1v) is 3.61. The van der Waals surface area contributed by atoms with E-state index in [-0.39, 0.29) is 0 Å². The molecule has 0 aliphatic rings. The van der Waals surface area contributed by atoms with Gasteiger partial charge >= 0.3 is 14.2 Å². The van der Waals surface area contributed by atoms with Crippen molar-refractivity contribution in [2.45, 2.75) is 13.0 Å². The van der Waals surface area contributed by atoms with Crippen molar-refractivity contribution in [2.24, 2.45) is 0 Å².